The average molecular weight is 303 g/mol. The summed E-state index contributed by atoms with van der Waals surface area (Å²) in [5.41, 5.74) is 1.82. The van der Waals surface area contributed by atoms with Crippen LogP contribution in [0.25, 0.3) is 16.9 Å². The third kappa shape index (κ3) is 2.45. The quantitative estimate of drug-likeness (QED) is 0.696. The molecule has 0 saturated heterocycles. The summed E-state index contributed by atoms with van der Waals surface area (Å²) in [4.78, 5) is 20.5. The molecule has 0 atom stereocenters. The van der Waals surface area contributed by atoms with Gasteiger partial charge in [0.15, 0.2) is 5.65 Å². The van der Waals surface area contributed by atoms with Gasteiger partial charge in [-0.3, -0.25) is 4.98 Å². The fraction of sp³-hybridized carbons (Fsp3) is 0.143. The van der Waals surface area contributed by atoms with E-state index in [1.165, 1.54) is 10.7 Å². The van der Waals surface area contributed by atoms with Crippen molar-refractivity contribution < 1.29 is 9.53 Å². The van der Waals surface area contributed by atoms with Crippen LogP contribution in [0.3, 0.4) is 0 Å². The van der Waals surface area contributed by atoms with Crippen molar-refractivity contribution in [2.75, 3.05) is 6.61 Å². The Kier molecular flexibility index (Phi) is 3.53. The lowest BCUT2D eigenvalue weighted by Crippen LogP contribution is -2.06. The molecular formula is C14H11ClN4O2. The minimum Gasteiger partial charge on any atom is -0.462 e. The molecule has 106 valence electrons. The van der Waals surface area contributed by atoms with Crippen molar-refractivity contribution in [3.8, 4) is 11.3 Å². The zero-order chi connectivity index (χ0) is 14.8. The number of nitrogens with zero attached hydrogens (tertiary/aromatic N) is 4. The van der Waals surface area contributed by atoms with Crippen LogP contribution in [-0.2, 0) is 4.74 Å². The molecule has 21 heavy (non-hydrogen) atoms. The Bertz CT molecular complexity index is 816. The molecule has 0 saturated carbocycles. The highest BCUT2D eigenvalue weighted by molar-refractivity contribution is 6.30. The summed E-state index contributed by atoms with van der Waals surface area (Å²) in [5.74, 6) is -0.471. The number of halogens is 1. The molecule has 0 aromatic carbocycles. The Morgan fingerprint density at radius 2 is 2.29 bits per heavy atom. The van der Waals surface area contributed by atoms with Crippen molar-refractivity contribution in [1.82, 2.24) is 19.6 Å². The number of hydrogen-bond acceptors (Lipinski definition) is 5. The van der Waals surface area contributed by atoms with E-state index >= 15 is 0 Å². The second-order valence-corrected chi connectivity index (χ2v) is 4.66. The Labute approximate surface area is 125 Å². The van der Waals surface area contributed by atoms with Crippen molar-refractivity contribution in [3.63, 3.8) is 0 Å². The van der Waals surface area contributed by atoms with E-state index in [1.54, 1.807) is 37.6 Å². The van der Waals surface area contributed by atoms with Crippen molar-refractivity contribution in [2.45, 2.75) is 6.92 Å². The van der Waals surface area contributed by atoms with E-state index in [4.69, 9.17) is 16.3 Å². The third-order valence-corrected chi connectivity index (χ3v) is 3.06. The van der Waals surface area contributed by atoms with Crippen molar-refractivity contribution in [3.05, 3.63) is 47.5 Å². The van der Waals surface area contributed by atoms with Gasteiger partial charge in [0.1, 0.15) is 11.3 Å². The molecule has 0 aliphatic heterocycles. The number of ether oxygens (including phenoxy) is 1. The fourth-order valence-corrected chi connectivity index (χ4v) is 2.20. The van der Waals surface area contributed by atoms with E-state index < -0.39 is 5.97 Å². The number of esters is 1. The van der Waals surface area contributed by atoms with Crippen molar-refractivity contribution in [1.29, 1.82) is 0 Å². The summed E-state index contributed by atoms with van der Waals surface area (Å²) >= 11 is 5.96. The summed E-state index contributed by atoms with van der Waals surface area (Å²) in [5, 5.41) is 4.85. The topological polar surface area (TPSA) is 69.4 Å². The number of hydrogen-bond donors (Lipinski definition) is 0. The smallest absolute Gasteiger partial charge is 0.344 e. The van der Waals surface area contributed by atoms with Gasteiger partial charge in [-0.2, -0.15) is 5.10 Å². The first-order valence-corrected chi connectivity index (χ1v) is 6.70. The van der Waals surface area contributed by atoms with E-state index in [1.807, 2.05) is 0 Å². The SMILES string of the molecule is CCOC(=O)c1c(-c2cncc(Cl)c2)nn2cccnc12. The van der Waals surface area contributed by atoms with Crippen LogP contribution >= 0.6 is 11.6 Å². The van der Waals surface area contributed by atoms with Crippen molar-refractivity contribution in [2.24, 2.45) is 0 Å². The van der Waals surface area contributed by atoms with Gasteiger partial charge < -0.3 is 4.74 Å². The summed E-state index contributed by atoms with van der Waals surface area (Å²) in [6.45, 7) is 2.02. The molecule has 7 heteroatoms. The van der Waals surface area contributed by atoms with Crippen LogP contribution in [0.2, 0.25) is 5.02 Å². The maximum atomic E-state index is 12.2. The summed E-state index contributed by atoms with van der Waals surface area (Å²) in [6, 6.07) is 3.42. The van der Waals surface area contributed by atoms with Gasteiger partial charge in [0.25, 0.3) is 0 Å². The van der Waals surface area contributed by atoms with E-state index in [9.17, 15) is 4.79 Å². The van der Waals surface area contributed by atoms with Gasteiger partial charge in [0.2, 0.25) is 0 Å². The molecular weight excluding hydrogens is 292 g/mol. The molecule has 0 amide bonds. The van der Waals surface area contributed by atoms with E-state index in [2.05, 4.69) is 15.1 Å². The molecule has 3 heterocycles. The molecule has 0 bridgehead atoms. The number of fused-ring (bicyclic) bond motifs is 1. The Balaban J connectivity index is 2.26. The minimum atomic E-state index is -0.471. The van der Waals surface area contributed by atoms with Crippen LogP contribution in [-0.4, -0.2) is 32.2 Å². The van der Waals surface area contributed by atoms with Crippen LogP contribution in [0.1, 0.15) is 17.3 Å². The van der Waals surface area contributed by atoms with Gasteiger partial charge in [0, 0.05) is 30.4 Å². The van der Waals surface area contributed by atoms with Gasteiger partial charge in [-0.25, -0.2) is 14.3 Å². The number of aromatic nitrogens is 4. The van der Waals surface area contributed by atoms with Gasteiger partial charge >= 0.3 is 5.97 Å². The molecule has 0 N–H and O–H groups in total. The maximum absolute atomic E-state index is 12.2. The monoisotopic (exact) mass is 302 g/mol. The second kappa shape index (κ2) is 5.49. The Hall–Kier alpha value is -2.47. The average Bonchev–Trinajstić information content (AvgIpc) is 2.87. The largest absolute Gasteiger partial charge is 0.462 e. The number of rotatable bonds is 3. The number of carbonyl (C=O) groups is 1. The molecule has 0 fully saturated rings. The lowest BCUT2D eigenvalue weighted by Gasteiger charge is -2.02. The molecule has 0 radical (unpaired) electrons. The van der Waals surface area contributed by atoms with Crippen LogP contribution in [0, 0.1) is 0 Å². The lowest BCUT2D eigenvalue weighted by atomic mass is 10.1. The predicted molar refractivity (Wildman–Crippen MR) is 77.2 cm³/mol. The Morgan fingerprint density at radius 3 is 3.05 bits per heavy atom. The van der Waals surface area contributed by atoms with E-state index in [-0.39, 0.29) is 6.61 Å². The lowest BCUT2D eigenvalue weighted by molar-refractivity contribution is 0.0529. The number of carbonyl (C=O) groups excluding carboxylic acids is 1. The maximum Gasteiger partial charge on any atom is 0.344 e. The summed E-state index contributed by atoms with van der Waals surface area (Å²) < 4.78 is 6.63. The van der Waals surface area contributed by atoms with Gasteiger partial charge in [0.05, 0.1) is 11.6 Å². The molecule has 0 aliphatic carbocycles. The summed E-state index contributed by atoms with van der Waals surface area (Å²) in [6.07, 6.45) is 6.42. The zero-order valence-corrected chi connectivity index (χ0v) is 11.9. The molecule has 0 aliphatic rings. The molecule has 3 aromatic heterocycles. The normalized spacial score (nSPS) is 10.8. The van der Waals surface area contributed by atoms with Crippen molar-refractivity contribution >= 4 is 23.2 Å². The highest BCUT2D eigenvalue weighted by Gasteiger charge is 2.23. The molecule has 0 spiro atoms. The fourth-order valence-electron chi connectivity index (χ4n) is 2.02. The molecule has 6 nitrogen and oxygen atoms in total. The molecule has 0 unspecified atom stereocenters. The first kappa shape index (κ1) is 13.5. The first-order valence-electron chi connectivity index (χ1n) is 6.32. The molecule has 3 aromatic rings. The van der Waals surface area contributed by atoms with Crippen LogP contribution in [0.4, 0.5) is 0 Å². The first-order chi connectivity index (χ1) is 10.2. The van der Waals surface area contributed by atoms with Gasteiger partial charge in [-0.05, 0) is 19.1 Å². The Morgan fingerprint density at radius 1 is 1.43 bits per heavy atom. The highest BCUT2D eigenvalue weighted by Crippen LogP contribution is 2.27. The highest BCUT2D eigenvalue weighted by atomic mass is 35.5. The second-order valence-electron chi connectivity index (χ2n) is 4.22. The minimum absolute atomic E-state index is 0.274. The number of pyridine rings is 1. The zero-order valence-electron chi connectivity index (χ0n) is 11.2. The predicted octanol–water partition coefficient (Wildman–Crippen LogP) is 2.62. The standard InChI is InChI=1S/C14H11ClN4O2/c1-2-21-14(20)11-12(9-6-10(15)8-16-7-9)18-19-5-3-4-17-13(11)19/h3-8H,2H2,1H3. The van der Waals surface area contributed by atoms with Crippen LogP contribution < -0.4 is 0 Å². The molecule has 3 rings (SSSR count). The summed E-state index contributed by atoms with van der Waals surface area (Å²) in [7, 11) is 0. The van der Waals surface area contributed by atoms with E-state index in [0.717, 1.165) is 0 Å². The van der Waals surface area contributed by atoms with Gasteiger partial charge in [-0.15, -0.1) is 0 Å². The third-order valence-electron chi connectivity index (χ3n) is 2.85. The van der Waals surface area contributed by atoms with E-state index in [0.29, 0.717) is 27.5 Å². The van der Waals surface area contributed by atoms with Crippen LogP contribution in [0.5, 0.6) is 0 Å². The van der Waals surface area contributed by atoms with Crippen LogP contribution in [0.15, 0.2) is 36.9 Å². The van der Waals surface area contributed by atoms with Gasteiger partial charge in [-0.1, -0.05) is 11.6 Å².